The van der Waals surface area contributed by atoms with Crippen LogP contribution >= 0.6 is 0 Å². The van der Waals surface area contributed by atoms with Gasteiger partial charge in [0.2, 0.25) is 0 Å². The zero-order valence-corrected chi connectivity index (χ0v) is 12.2. The Labute approximate surface area is 122 Å². The summed E-state index contributed by atoms with van der Waals surface area (Å²) in [5.41, 5.74) is 0.0494. The van der Waals surface area contributed by atoms with Crippen LogP contribution in [-0.2, 0) is 13.1 Å². The first-order valence-electron chi connectivity index (χ1n) is 6.96. The quantitative estimate of drug-likeness (QED) is 0.847. The van der Waals surface area contributed by atoms with Gasteiger partial charge in [0.1, 0.15) is 5.69 Å². The van der Waals surface area contributed by atoms with E-state index >= 15 is 0 Å². The fourth-order valence-corrected chi connectivity index (χ4v) is 1.97. The van der Waals surface area contributed by atoms with Gasteiger partial charge in [-0.15, -0.1) is 0 Å². The molecule has 0 fully saturated rings. The van der Waals surface area contributed by atoms with Crippen molar-refractivity contribution < 1.29 is 4.79 Å². The molecule has 1 atom stereocenters. The number of carbonyl (C=O) groups is 1. The lowest BCUT2D eigenvalue weighted by Gasteiger charge is -2.14. The van der Waals surface area contributed by atoms with Gasteiger partial charge in [-0.3, -0.25) is 14.3 Å². The van der Waals surface area contributed by atoms with Crippen LogP contribution in [0.3, 0.4) is 0 Å². The van der Waals surface area contributed by atoms with Crippen molar-refractivity contribution in [3.63, 3.8) is 0 Å². The molecule has 0 spiro atoms. The molecule has 2 rings (SSSR count). The summed E-state index contributed by atoms with van der Waals surface area (Å²) in [6.45, 7) is 4.92. The Hall–Kier alpha value is -2.44. The Balaban J connectivity index is 2.02. The van der Waals surface area contributed by atoms with Crippen molar-refractivity contribution in [2.24, 2.45) is 0 Å². The molecule has 21 heavy (non-hydrogen) atoms. The number of hydrogen-bond acceptors (Lipinski definition) is 4. The highest BCUT2D eigenvalue weighted by atomic mass is 16.2. The fraction of sp³-hybridized carbons (Fsp3) is 0.429. The molecule has 0 aliphatic heterocycles. The summed E-state index contributed by atoms with van der Waals surface area (Å²) in [6.07, 6.45) is 4.31. The lowest BCUT2D eigenvalue weighted by atomic mass is 10.3. The van der Waals surface area contributed by atoms with Crippen LogP contribution in [0.5, 0.6) is 0 Å². The second-order valence-corrected chi connectivity index (χ2v) is 4.88. The van der Waals surface area contributed by atoms with Gasteiger partial charge in [-0.2, -0.15) is 10.2 Å². The third-order valence-electron chi connectivity index (χ3n) is 2.93. The van der Waals surface area contributed by atoms with E-state index in [1.165, 1.54) is 16.8 Å². The number of nitrogens with zero attached hydrogens (tertiary/aromatic N) is 4. The third kappa shape index (κ3) is 4.01. The lowest BCUT2D eigenvalue weighted by molar-refractivity contribution is 0.0928. The summed E-state index contributed by atoms with van der Waals surface area (Å²) >= 11 is 0. The summed E-state index contributed by atoms with van der Waals surface area (Å²) in [4.78, 5) is 23.7. The molecule has 7 heteroatoms. The molecule has 2 aromatic rings. The molecule has 112 valence electrons. The normalized spacial score (nSPS) is 12.1. The van der Waals surface area contributed by atoms with Crippen LogP contribution in [0.15, 0.2) is 35.4 Å². The highest BCUT2D eigenvalue weighted by Gasteiger charge is 2.13. The van der Waals surface area contributed by atoms with Crippen molar-refractivity contribution in [1.29, 1.82) is 0 Å². The minimum atomic E-state index is -0.292. The second kappa shape index (κ2) is 6.83. The monoisotopic (exact) mass is 289 g/mol. The molecule has 2 heterocycles. The van der Waals surface area contributed by atoms with E-state index in [0.29, 0.717) is 13.1 Å². The Morgan fingerprint density at radius 2 is 2.24 bits per heavy atom. The molecule has 0 bridgehead atoms. The van der Waals surface area contributed by atoms with Crippen molar-refractivity contribution in [3.05, 3.63) is 46.6 Å². The first-order valence-corrected chi connectivity index (χ1v) is 6.96. The first-order chi connectivity index (χ1) is 10.1. The predicted molar refractivity (Wildman–Crippen MR) is 77.9 cm³/mol. The van der Waals surface area contributed by atoms with Crippen molar-refractivity contribution >= 4 is 5.91 Å². The standard InChI is InChI=1S/C14H19N5O2/c1-3-8-19-13(20)6-5-12(17-19)14(21)16-11(2)10-18-9-4-7-15-18/h4-7,9,11H,3,8,10H2,1-2H3,(H,16,21)/t11-/m1/s1. The maximum Gasteiger partial charge on any atom is 0.271 e. The number of hydrogen-bond donors (Lipinski definition) is 1. The number of aryl methyl sites for hydroxylation is 1. The molecule has 7 nitrogen and oxygen atoms in total. The molecule has 0 aliphatic rings. The third-order valence-corrected chi connectivity index (χ3v) is 2.93. The minimum absolute atomic E-state index is 0.0919. The van der Waals surface area contributed by atoms with Gasteiger partial charge in [0.05, 0.1) is 6.54 Å². The minimum Gasteiger partial charge on any atom is -0.346 e. The highest BCUT2D eigenvalue weighted by molar-refractivity contribution is 5.92. The average Bonchev–Trinajstić information content (AvgIpc) is 2.94. The smallest absolute Gasteiger partial charge is 0.271 e. The number of nitrogens with one attached hydrogen (secondary N) is 1. The number of amides is 1. The molecule has 1 N–H and O–H groups in total. The molecule has 0 unspecified atom stereocenters. The largest absolute Gasteiger partial charge is 0.346 e. The van der Waals surface area contributed by atoms with Crippen molar-refractivity contribution in [2.75, 3.05) is 0 Å². The number of aromatic nitrogens is 4. The van der Waals surface area contributed by atoms with E-state index in [1.54, 1.807) is 10.9 Å². The Morgan fingerprint density at radius 1 is 1.43 bits per heavy atom. The molecule has 0 radical (unpaired) electrons. The Morgan fingerprint density at radius 3 is 2.90 bits per heavy atom. The van der Waals surface area contributed by atoms with E-state index in [2.05, 4.69) is 15.5 Å². The SMILES string of the molecule is CCCn1nc(C(=O)N[C@H](C)Cn2cccn2)ccc1=O. The van der Waals surface area contributed by atoms with Crippen LogP contribution in [0.25, 0.3) is 0 Å². The maximum absolute atomic E-state index is 12.1. The summed E-state index contributed by atoms with van der Waals surface area (Å²) in [5.74, 6) is -0.292. The van der Waals surface area contributed by atoms with Gasteiger partial charge >= 0.3 is 0 Å². The van der Waals surface area contributed by atoms with Gasteiger partial charge in [0.25, 0.3) is 11.5 Å². The van der Waals surface area contributed by atoms with Crippen molar-refractivity contribution in [1.82, 2.24) is 24.9 Å². The van der Waals surface area contributed by atoms with Gasteiger partial charge in [-0.05, 0) is 25.5 Å². The highest BCUT2D eigenvalue weighted by Crippen LogP contribution is 1.96. The van der Waals surface area contributed by atoms with E-state index in [-0.39, 0.29) is 23.2 Å². The Bertz CT molecular complexity index is 648. The molecule has 0 saturated carbocycles. The number of carbonyl (C=O) groups excluding carboxylic acids is 1. The maximum atomic E-state index is 12.1. The van der Waals surface area contributed by atoms with E-state index < -0.39 is 0 Å². The van der Waals surface area contributed by atoms with Crippen LogP contribution in [0.1, 0.15) is 30.8 Å². The summed E-state index contributed by atoms with van der Waals surface area (Å²) in [5, 5.41) is 11.0. The lowest BCUT2D eigenvalue weighted by Crippen LogP contribution is -2.37. The van der Waals surface area contributed by atoms with Crippen LogP contribution in [-0.4, -0.2) is 31.5 Å². The molecule has 0 aromatic carbocycles. The van der Waals surface area contributed by atoms with Crippen molar-refractivity contribution in [3.8, 4) is 0 Å². The van der Waals surface area contributed by atoms with E-state index in [4.69, 9.17) is 0 Å². The molecular weight excluding hydrogens is 270 g/mol. The topological polar surface area (TPSA) is 81.8 Å². The fourth-order valence-electron chi connectivity index (χ4n) is 1.97. The molecule has 2 aromatic heterocycles. The zero-order chi connectivity index (χ0) is 15.2. The predicted octanol–water partition coefficient (Wildman–Crippen LogP) is 0.668. The van der Waals surface area contributed by atoms with Crippen LogP contribution in [0, 0.1) is 0 Å². The van der Waals surface area contributed by atoms with Gasteiger partial charge in [0, 0.05) is 31.0 Å². The molecular formula is C14H19N5O2. The van der Waals surface area contributed by atoms with Crippen LogP contribution < -0.4 is 10.9 Å². The van der Waals surface area contributed by atoms with E-state index in [1.807, 2.05) is 26.1 Å². The van der Waals surface area contributed by atoms with Crippen molar-refractivity contribution in [2.45, 2.75) is 39.4 Å². The van der Waals surface area contributed by atoms with E-state index in [9.17, 15) is 9.59 Å². The van der Waals surface area contributed by atoms with Crippen LogP contribution in [0.2, 0.25) is 0 Å². The van der Waals surface area contributed by atoms with E-state index in [0.717, 1.165) is 6.42 Å². The summed E-state index contributed by atoms with van der Waals surface area (Å²) in [7, 11) is 0. The zero-order valence-electron chi connectivity index (χ0n) is 12.2. The summed E-state index contributed by atoms with van der Waals surface area (Å²) < 4.78 is 3.06. The van der Waals surface area contributed by atoms with Gasteiger partial charge in [0.15, 0.2) is 0 Å². The molecule has 0 saturated heterocycles. The average molecular weight is 289 g/mol. The summed E-state index contributed by atoms with van der Waals surface area (Å²) in [6, 6.07) is 4.56. The molecule has 1 amide bonds. The van der Waals surface area contributed by atoms with Crippen LogP contribution in [0.4, 0.5) is 0 Å². The molecule has 0 aliphatic carbocycles. The van der Waals surface area contributed by atoms with Gasteiger partial charge in [-0.25, -0.2) is 4.68 Å². The number of rotatable bonds is 6. The Kier molecular flexibility index (Phi) is 4.86. The van der Waals surface area contributed by atoms with Gasteiger partial charge in [-0.1, -0.05) is 6.92 Å². The van der Waals surface area contributed by atoms with Gasteiger partial charge < -0.3 is 5.32 Å². The first kappa shape index (κ1) is 15.0. The second-order valence-electron chi connectivity index (χ2n) is 4.88.